The number of hydrazine groups is 2. The Morgan fingerprint density at radius 1 is 1.07 bits per heavy atom. The van der Waals surface area contributed by atoms with E-state index in [2.05, 4.69) is 48.4 Å². The van der Waals surface area contributed by atoms with Gasteiger partial charge in [-0.2, -0.15) is 0 Å². The molecule has 2 fully saturated rings. The van der Waals surface area contributed by atoms with E-state index in [9.17, 15) is 18.4 Å². The molecule has 1 saturated carbocycles. The van der Waals surface area contributed by atoms with Gasteiger partial charge in [-0.25, -0.2) is 19.3 Å². The molecule has 3 N–H and O–H groups in total. The van der Waals surface area contributed by atoms with Crippen molar-refractivity contribution in [3.8, 4) is 11.5 Å². The number of alkyl halides is 2. The molecule has 12 nitrogen and oxygen atoms in total. The summed E-state index contributed by atoms with van der Waals surface area (Å²) in [5.41, 5.74) is 9.32. The van der Waals surface area contributed by atoms with Crippen molar-refractivity contribution in [3.05, 3.63) is 78.1 Å². The molecule has 0 bridgehead atoms. The Morgan fingerprint density at radius 3 is 2.55 bits per heavy atom. The molecule has 2 aromatic heterocycles. The van der Waals surface area contributed by atoms with Crippen molar-refractivity contribution in [1.82, 2.24) is 35.8 Å². The van der Waals surface area contributed by atoms with Crippen LogP contribution < -0.4 is 16.3 Å². The van der Waals surface area contributed by atoms with E-state index >= 15 is 0 Å². The van der Waals surface area contributed by atoms with Crippen molar-refractivity contribution >= 4 is 34.4 Å². The molecule has 2 atom stereocenters. The number of benzene rings is 2. The zero-order chi connectivity index (χ0) is 30.4. The lowest BCUT2D eigenvalue weighted by molar-refractivity contribution is -0.119. The minimum Gasteiger partial charge on any atom is -0.436 e. The molecule has 1 aliphatic carbocycles. The lowest BCUT2D eigenvalue weighted by Crippen LogP contribution is -2.52. The van der Waals surface area contributed by atoms with Crippen LogP contribution in [0.5, 0.6) is 0 Å². The Hall–Kier alpha value is -4.95. The number of hydrazone groups is 1. The maximum atomic E-state index is 13.5. The van der Waals surface area contributed by atoms with Crippen molar-refractivity contribution in [2.45, 2.75) is 18.4 Å². The van der Waals surface area contributed by atoms with Gasteiger partial charge in [0.2, 0.25) is 11.8 Å². The van der Waals surface area contributed by atoms with Crippen LogP contribution in [0.4, 0.5) is 14.5 Å². The van der Waals surface area contributed by atoms with Gasteiger partial charge in [-0.15, -0.1) is 10.2 Å². The molecule has 4 aromatic rings. The van der Waals surface area contributed by atoms with Gasteiger partial charge in [0.05, 0.1) is 6.04 Å². The zero-order valence-electron chi connectivity index (χ0n) is 23.7. The summed E-state index contributed by atoms with van der Waals surface area (Å²) in [7, 11) is 1.84. The fourth-order valence-electron chi connectivity index (χ4n) is 5.53. The summed E-state index contributed by atoms with van der Waals surface area (Å²) in [6.45, 7) is 2.29. The number of halogens is 2. The van der Waals surface area contributed by atoms with Crippen LogP contribution >= 0.6 is 0 Å². The van der Waals surface area contributed by atoms with Crippen LogP contribution in [-0.2, 0) is 4.79 Å². The van der Waals surface area contributed by atoms with Gasteiger partial charge in [0.25, 0.3) is 11.8 Å². The molecule has 0 radical (unpaired) electrons. The molecule has 4 heterocycles. The summed E-state index contributed by atoms with van der Waals surface area (Å²) in [6, 6.07) is 18.1. The van der Waals surface area contributed by atoms with Crippen LogP contribution in [0.25, 0.3) is 22.6 Å². The largest absolute Gasteiger partial charge is 0.436 e. The molecule has 2 aliphatic heterocycles. The Labute approximate surface area is 250 Å². The van der Waals surface area contributed by atoms with E-state index in [0.717, 1.165) is 11.4 Å². The maximum Gasteiger partial charge on any atom is 0.272 e. The molecule has 44 heavy (non-hydrogen) atoms. The Bertz CT molecular complexity index is 1760. The highest BCUT2D eigenvalue weighted by atomic mass is 19.3. The van der Waals surface area contributed by atoms with Crippen molar-refractivity contribution in [3.63, 3.8) is 0 Å². The van der Waals surface area contributed by atoms with Crippen molar-refractivity contribution in [2.75, 3.05) is 38.5 Å². The highest BCUT2D eigenvalue weighted by molar-refractivity contribution is 5.97. The van der Waals surface area contributed by atoms with Gasteiger partial charge in [0, 0.05) is 57.1 Å². The number of carbonyl (C=O) groups excluding carboxylic acids is 2. The third kappa shape index (κ3) is 5.44. The average Bonchev–Trinajstić information content (AvgIpc) is 3.32. The number of nitrogens with zero attached hydrogens (tertiary/aromatic N) is 6. The van der Waals surface area contributed by atoms with E-state index in [1.54, 1.807) is 40.3 Å². The second-order valence-corrected chi connectivity index (χ2v) is 11.0. The first-order valence-electron chi connectivity index (χ1n) is 14.2. The first-order chi connectivity index (χ1) is 21.2. The summed E-state index contributed by atoms with van der Waals surface area (Å²) >= 11 is 0. The van der Waals surface area contributed by atoms with E-state index in [1.165, 1.54) is 6.20 Å². The standard InChI is InChI=1S/C30H29F2N9O3/c1-39-37-26(36-38-39)25(18-5-3-2-4-6-18)40-11-13-41(14-12-40)29(43)23-15-19(9-10-33-23)28-35-22-16-20(7-8-24(22)44-28)34-27(42)21-17-30(21,31)32/h2-10,15-16,21,25,38H,11-14,17H2,1H3,(H,34,42)(H,36,37)/t21-,25+/m1/s1. The molecule has 7 rings (SSSR count). The highest BCUT2D eigenvalue weighted by Gasteiger charge is 2.61. The SMILES string of the molecule is CN1NN=C([C@H](c2ccccc2)N2CCN(C(=O)c3cc(-c4nc5cc(NC(=O)[C@H]6CC6(F)F)ccc5o4)ccn3)CC2)N1. The quantitative estimate of drug-likeness (QED) is 0.292. The highest BCUT2D eigenvalue weighted by Crippen LogP contribution is 2.49. The van der Waals surface area contributed by atoms with Crippen LogP contribution in [0, 0.1) is 5.92 Å². The Kier molecular flexibility index (Phi) is 6.94. The molecule has 2 amide bonds. The first kappa shape index (κ1) is 27.9. The van der Waals surface area contributed by atoms with Gasteiger partial charge in [-0.05, 0) is 35.9 Å². The first-order valence-corrected chi connectivity index (χ1v) is 14.2. The third-order valence-electron chi connectivity index (χ3n) is 7.97. The minimum absolute atomic E-state index is 0.102. The predicted molar refractivity (Wildman–Crippen MR) is 157 cm³/mol. The number of oxazole rings is 1. The van der Waals surface area contributed by atoms with Crippen LogP contribution in [-0.4, -0.2) is 81.7 Å². The average molecular weight is 602 g/mol. The topological polar surface area (TPSA) is 131 Å². The number of nitrogens with one attached hydrogen (secondary N) is 3. The van der Waals surface area contributed by atoms with Gasteiger partial charge in [-0.3, -0.25) is 24.9 Å². The van der Waals surface area contributed by atoms with Crippen LogP contribution in [0.2, 0.25) is 0 Å². The van der Waals surface area contributed by atoms with Crippen LogP contribution in [0.1, 0.15) is 28.5 Å². The van der Waals surface area contributed by atoms with Crippen molar-refractivity contribution < 1.29 is 22.8 Å². The molecular weight excluding hydrogens is 572 g/mol. The summed E-state index contributed by atoms with van der Waals surface area (Å²) in [6.07, 6.45) is 1.10. The van der Waals surface area contributed by atoms with E-state index in [4.69, 9.17) is 4.42 Å². The van der Waals surface area contributed by atoms with E-state index in [1.807, 2.05) is 25.2 Å². The van der Waals surface area contributed by atoms with Crippen LogP contribution in [0.3, 0.4) is 0 Å². The molecule has 1 saturated heterocycles. The second kappa shape index (κ2) is 11.0. The number of hydrogen-bond donors (Lipinski definition) is 3. The predicted octanol–water partition coefficient (Wildman–Crippen LogP) is 3.25. The fraction of sp³-hybridized carbons (Fsp3) is 0.300. The van der Waals surface area contributed by atoms with Crippen molar-refractivity contribution in [1.29, 1.82) is 0 Å². The summed E-state index contributed by atoms with van der Waals surface area (Å²) < 4.78 is 32.4. The summed E-state index contributed by atoms with van der Waals surface area (Å²) in [4.78, 5) is 38.5. The molecule has 226 valence electrons. The molecule has 14 heteroatoms. The molecule has 0 spiro atoms. The number of aromatic nitrogens is 2. The number of hydrogen-bond acceptors (Lipinski definition) is 10. The van der Waals surface area contributed by atoms with Gasteiger partial charge in [0.15, 0.2) is 11.4 Å². The number of piperazine rings is 1. The maximum absolute atomic E-state index is 13.5. The van der Waals surface area contributed by atoms with Crippen LogP contribution in [0.15, 0.2) is 76.4 Å². The molecule has 3 aliphatic rings. The monoisotopic (exact) mass is 601 g/mol. The third-order valence-corrected chi connectivity index (χ3v) is 7.97. The number of amides is 2. The smallest absolute Gasteiger partial charge is 0.272 e. The number of amidine groups is 1. The van der Waals surface area contributed by atoms with Crippen molar-refractivity contribution in [2.24, 2.45) is 11.0 Å². The van der Waals surface area contributed by atoms with E-state index < -0.39 is 24.2 Å². The number of pyridine rings is 1. The number of carbonyl (C=O) groups is 2. The fourth-order valence-corrected chi connectivity index (χ4v) is 5.53. The number of fused-ring (bicyclic) bond motifs is 1. The Morgan fingerprint density at radius 2 is 1.84 bits per heavy atom. The van der Waals surface area contributed by atoms with Gasteiger partial charge >= 0.3 is 0 Å². The Balaban J connectivity index is 1.03. The van der Waals surface area contributed by atoms with Gasteiger partial charge in [-0.1, -0.05) is 30.3 Å². The van der Waals surface area contributed by atoms with E-state index in [0.29, 0.717) is 48.5 Å². The summed E-state index contributed by atoms with van der Waals surface area (Å²) in [5.74, 6) is -4.11. The zero-order valence-corrected chi connectivity index (χ0v) is 23.7. The number of rotatable bonds is 7. The second-order valence-electron chi connectivity index (χ2n) is 11.0. The molecule has 0 unspecified atom stereocenters. The van der Waals surface area contributed by atoms with E-state index in [-0.39, 0.29) is 23.5 Å². The minimum atomic E-state index is -2.94. The van der Waals surface area contributed by atoms with Gasteiger partial charge in [0.1, 0.15) is 17.1 Å². The van der Waals surface area contributed by atoms with Gasteiger partial charge < -0.3 is 14.6 Å². The lowest BCUT2D eigenvalue weighted by atomic mass is 10.0. The normalized spacial score (nSPS) is 20.5. The lowest BCUT2D eigenvalue weighted by Gasteiger charge is -2.39. The molecule has 2 aromatic carbocycles. The molecular formula is C30H29F2N9O3. The number of anilines is 1. The summed E-state index contributed by atoms with van der Waals surface area (Å²) in [5, 5.41) is 8.65.